The van der Waals surface area contributed by atoms with Crippen molar-refractivity contribution < 1.29 is 27.5 Å². The number of amides is 1. The van der Waals surface area contributed by atoms with Crippen LogP contribution in [-0.4, -0.2) is 11.0 Å². The van der Waals surface area contributed by atoms with E-state index in [4.69, 9.17) is 0 Å². The van der Waals surface area contributed by atoms with Crippen LogP contribution in [0.1, 0.15) is 16.7 Å². The van der Waals surface area contributed by atoms with E-state index >= 15 is 0 Å². The molecular formula is C15H9F4NO2. The van der Waals surface area contributed by atoms with E-state index in [1.807, 2.05) is 0 Å². The molecule has 114 valence electrons. The predicted octanol–water partition coefficient (Wildman–Crippen LogP) is 3.03. The third kappa shape index (κ3) is 1.97. The van der Waals surface area contributed by atoms with Crippen molar-refractivity contribution in [2.45, 2.75) is 11.8 Å². The second-order valence-corrected chi connectivity index (χ2v) is 4.90. The molecule has 1 atom stereocenters. The van der Waals surface area contributed by atoms with Gasteiger partial charge in [-0.2, -0.15) is 13.2 Å². The van der Waals surface area contributed by atoms with Gasteiger partial charge in [-0.25, -0.2) is 4.39 Å². The van der Waals surface area contributed by atoms with Crippen LogP contribution in [0, 0.1) is 5.82 Å². The van der Waals surface area contributed by atoms with Gasteiger partial charge in [0.2, 0.25) is 0 Å². The molecule has 0 aliphatic carbocycles. The summed E-state index contributed by atoms with van der Waals surface area (Å²) in [5, 5.41) is 13.0. The Hall–Kier alpha value is -2.41. The standard InChI is InChI=1S/C15H9F4NO2/c16-11-6-5-8(15(17,18)19)7-10(11)14(22)9-3-1-2-4-12(9)20-13(14)21/h1-7,22H,(H,20,21). The van der Waals surface area contributed by atoms with Gasteiger partial charge in [-0.3, -0.25) is 4.79 Å². The monoisotopic (exact) mass is 311 g/mol. The van der Waals surface area contributed by atoms with E-state index in [1.54, 1.807) is 6.07 Å². The first-order chi connectivity index (χ1) is 10.2. The first-order valence-corrected chi connectivity index (χ1v) is 6.25. The summed E-state index contributed by atoms with van der Waals surface area (Å²) in [6.45, 7) is 0. The number of hydrogen-bond donors (Lipinski definition) is 2. The van der Waals surface area contributed by atoms with Crippen molar-refractivity contribution in [1.29, 1.82) is 0 Å². The van der Waals surface area contributed by atoms with Crippen molar-refractivity contribution in [2.24, 2.45) is 0 Å². The highest BCUT2D eigenvalue weighted by Crippen LogP contribution is 2.43. The Kier molecular flexibility index (Phi) is 3.00. The number of anilines is 1. The van der Waals surface area contributed by atoms with E-state index in [0.717, 1.165) is 0 Å². The van der Waals surface area contributed by atoms with Crippen LogP contribution in [0.3, 0.4) is 0 Å². The Morgan fingerprint density at radius 2 is 1.73 bits per heavy atom. The Morgan fingerprint density at radius 1 is 1.05 bits per heavy atom. The van der Waals surface area contributed by atoms with Crippen LogP contribution in [0.15, 0.2) is 42.5 Å². The molecule has 7 heteroatoms. The molecule has 0 radical (unpaired) electrons. The summed E-state index contributed by atoms with van der Waals surface area (Å²) in [7, 11) is 0. The van der Waals surface area contributed by atoms with Crippen molar-refractivity contribution >= 4 is 11.6 Å². The Morgan fingerprint density at radius 3 is 2.41 bits per heavy atom. The van der Waals surface area contributed by atoms with Crippen molar-refractivity contribution in [2.75, 3.05) is 5.32 Å². The minimum Gasteiger partial charge on any atom is -0.372 e. The van der Waals surface area contributed by atoms with Crippen LogP contribution < -0.4 is 5.32 Å². The fourth-order valence-corrected chi connectivity index (χ4v) is 2.49. The lowest BCUT2D eigenvalue weighted by Crippen LogP contribution is -2.36. The van der Waals surface area contributed by atoms with Crippen LogP contribution >= 0.6 is 0 Å². The molecule has 1 unspecified atom stereocenters. The molecule has 3 rings (SSSR count). The number of nitrogens with one attached hydrogen (secondary N) is 1. The minimum absolute atomic E-state index is 0.0122. The molecule has 1 aliphatic heterocycles. The van der Waals surface area contributed by atoms with Crippen molar-refractivity contribution in [1.82, 2.24) is 0 Å². The third-order valence-electron chi connectivity index (χ3n) is 3.58. The number of para-hydroxylation sites is 1. The summed E-state index contributed by atoms with van der Waals surface area (Å²) in [4.78, 5) is 12.1. The molecule has 0 bridgehead atoms. The van der Waals surface area contributed by atoms with Crippen LogP contribution in [0.5, 0.6) is 0 Å². The second-order valence-electron chi connectivity index (χ2n) is 4.90. The van der Waals surface area contributed by atoms with Crippen molar-refractivity contribution in [3.63, 3.8) is 0 Å². The van der Waals surface area contributed by atoms with Gasteiger partial charge < -0.3 is 10.4 Å². The number of hydrogen-bond acceptors (Lipinski definition) is 2. The Bertz CT molecular complexity index is 772. The fraction of sp³-hybridized carbons (Fsp3) is 0.133. The van der Waals surface area contributed by atoms with Gasteiger partial charge >= 0.3 is 6.18 Å². The van der Waals surface area contributed by atoms with Gasteiger partial charge in [-0.05, 0) is 24.3 Å². The van der Waals surface area contributed by atoms with E-state index in [9.17, 15) is 27.5 Å². The molecule has 0 spiro atoms. The van der Waals surface area contributed by atoms with E-state index < -0.39 is 34.6 Å². The van der Waals surface area contributed by atoms with Crippen molar-refractivity contribution in [3.05, 3.63) is 65.0 Å². The summed E-state index contributed by atoms with van der Waals surface area (Å²) in [5.74, 6) is -2.09. The van der Waals surface area contributed by atoms with Crippen LogP contribution in [0.4, 0.5) is 23.2 Å². The smallest absolute Gasteiger partial charge is 0.372 e. The Labute approximate surface area is 122 Å². The molecule has 0 saturated heterocycles. The topological polar surface area (TPSA) is 49.3 Å². The highest BCUT2D eigenvalue weighted by atomic mass is 19.4. The van der Waals surface area contributed by atoms with Gasteiger partial charge in [0, 0.05) is 16.8 Å². The van der Waals surface area contributed by atoms with Gasteiger partial charge in [0.1, 0.15) is 5.82 Å². The lowest BCUT2D eigenvalue weighted by molar-refractivity contribution is -0.138. The van der Waals surface area contributed by atoms with E-state index in [2.05, 4.69) is 5.32 Å². The lowest BCUT2D eigenvalue weighted by Gasteiger charge is -2.23. The number of halogens is 4. The van der Waals surface area contributed by atoms with Crippen molar-refractivity contribution in [3.8, 4) is 0 Å². The molecule has 0 fully saturated rings. The normalized spacial score (nSPS) is 20.7. The summed E-state index contributed by atoms with van der Waals surface area (Å²) >= 11 is 0. The van der Waals surface area contributed by atoms with Gasteiger partial charge in [0.15, 0.2) is 5.60 Å². The second kappa shape index (κ2) is 4.54. The van der Waals surface area contributed by atoms with E-state index in [1.165, 1.54) is 18.2 Å². The maximum absolute atomic E-state index is 14.0. The summed E-state index contributed by atoms with van der Waals surface area (Å²) in [6.07, 6.45) is -4.71. The quantitative estimate of drug-likeness (QED) is 0.795. The molecule has 0 aromatic heterocycles. The number of carbonyl (C=O) groups excluding carboxylic acids is 1. The lowest BCUT2D eigenvalue weighted by atomic mass is 9.86. The molecule has 1 amide bonds. The minimum atomic E-state index is -4.71. The first kappa shape index (κ1) is 14.5. The van der Waals surface area contributed by atoms with E-state index in [-0.39, 0.29) is 11.3 Å². The van der Waals surface area contributed by atoms with E-state index in [0.29, 0.717) is 18.2 Å². The summed E-state index contributed by atoms with van der Waals surface area (Å²) in [5.41, 5.74) is -4.13. The number of carbonyl (C=O) groups is 1. The number of aliphatic hydroxyl groups is 1. The molecule has 2 aromatic carbocycles. The molecule has 1 aliphatic rings. The number of benzene rings is 2. The number of rotatable bonds is 1. The maximum atomic E-state index is 14.0. The predicted molar refractivity (Wildman–Crippen MR) is 69.5 cm³/mol. The Balaban J connectivity index is 2.25. The fourth-order valence-electron chi connectivity index (χ4n) is 2.49. The zero-order valence-electron chi connectivity index (χ0n) is 10.9. The molecule has 2 aromatic rings. The molecule has 2 N–H and O–H groups in total. The molecule has 0 saturated carbocycles. The van der Waals surface area contributed by atoms with Gasteiger partial charge in [0.05, 0.1) is 5.56 Å². The van der Waals surface area contributed by atoms with Crippen LogP contribution in [0.25, 0.3) is 0 Å². The average molecular weight is 311 g/mol. The van der Waals surface area contributed by atoms with Crippen LogP contribution in [0.2, 0.25) is 0 Å². The molecule has 22 heavy (non-hydrogen) atoms. The van der Waals surface area contributed by atoms with Gasteiger partial charge in [-0.1, -0.05) is 18.2 Å². The first-order valence-electron chi connectivity index (χ1n) is 6.25. The summed E-state index contributed by atoms with van der Waals surface area (Å²) < 4.78 is 52.4. The number of alkyl halides is 3. The molecule has 3 nitrogen and oxygen atoms in total. The summed E-state index contributed by atoms with van der Waals surface area (Å²) in [6, 6.07) is 7.49. The zero-order valence-corrected chi connectivity index (χ0v) is 10.9. The van der Waals surface area contributed by atoms with Gasteiger partial charge in [0.25, 0.3) is 5.91 Å². The van der Waals surface area contributed by atoms with Crippen LogP contribution in [-0.2, 0) is 16.6 Å². The largest absolute Gasteiger partial charge is 0.416 e. The SMILES string of the molecule is O=C1Nc2ccccc2C1(O)c1cc(C(F)(F)F)ccc1F. The highest BCUT2D eigenvalue weighted by Gasteiger charge is 2.49. The zero-order chi connectivity index (χ0) is 16.1. The maximum Gasteiger partial charge on any atom is 0.416 e. The molecule has 1 heterocycles. The molecular weight excluding hydrogens is 302 g/mol. The number of fused-ring (bicyclic) bond motifs is 1. The third-order valence-corrected chi connectivity index (χ3v) is 3.58. The highest BCUT2D eigenvalue weighted by molar-refractivity contribution is 6.07. The van der Waals surface area contributed by atoms with Gasteiger partial charge in [-0.15, -0.1) is 0 Å². The average Bonchev–Trinajstić information content (AvgIpc) is 2.71.